The van der Waals surface area contributed by atoms with E-state index in [2.05, 4.69) is 111 Å². The third-order valence-corrected chi connectivity index (χ3v) is 13.5. The molecule has 0 bridgehead atoms. The van der Waals surface area contributed by atoms with Gasteiger partial charge in [0.25, 0.3) is 0 Å². The molecule has 0 saturated carbocycles. The molecule has 0 atom stereocenters. The molecule has 6 rings (SSSR count). The van der Waals surface area contributed by atoms with Crippen molar-refractivity contribution in [3.05, 3.63) is 71.4 Å². The van der Waals surface area contributed by atoms with Crippen LogP contribution in [-0.2, 0) is 13.5 Å². The predicted molar refractivity (Wildman–Crippen MR) is 161 cm³/mol. The van der Waals surface area contributed by atoms with Gasteiger partial charge in [-0.05, 0) is 5.92 Å². The van der Waals surface area contributed by atoms with Gasteiger partial charge in [0, 0.05) is 0 Å². The third-order valence-electron chi connectivity index (χ3n) is 7.99. The van der Waals surface area contributed by atoms with Gasteiger partial charge in [-0.3, -0.25) is 0 Å². The van der Waals surface area contributed by atoms with Crippen LogP contribution in [-0.4, -0.2) is 13.3 Å². The summed E-state index contributed by atoms with van der Waals surface area (Å²) in [6.07, 6.45) is 3.40. The Morgan fingerprint density at radius 3 is 2.33 bits per heavy atom. The maximum absolute atomic E-state index is 2.51. The van der Waals surface area contributed by atoms with Gasteiger partial charge in [-0.25, -0.2) is 0 Å². The second-order valence-corrected chi connectivity index (χ2v) is 23.9. The standard InChI is InChI=1S/C33H36GeNS/c1-19(2)15-22-9-12-25-21(4)33-30(20(3)27(25)16-22)32-31-26(13-14-35(32)8)28-18-24(34(5,6)7)11-10-23(28)17-29(31)36-33/h9-14,16-19H,15H2,1-8H3/q+1. The number of pyridine rings is 1. The summed E-state index contributed by atoms with van der Waals surface area (Å²) in [4.78, 5) is 2.81. The van der Waals surface area contributed by atoms with E-state index in [1.54, 1.807) is 4.40 Å². The number of aromatic nitrogens is 1. The fraction of sp³-hybridized carbons (Fsp3) is 0.303. The van der Waals surface area contributed by atoms with Crippen LogP contribution in [0.1, 0.15) is 30.5 Å². The molecule has 0 radical (unpaired) electrons. The van der Waals surface area contributed by atoms with Crippen LogP contribution < -0.4 is 8.96 Å². The van der Waals surface area contributed by atoms with Crippen molar-refractivity contribution < 1.29 is 4.57 Å². The van der Waals surface area contributed by atoms with Crippen LogP contribution in [0.2, 0.25) is 17.3 Å². The third kappa shape index (κ3) is 3.63. The number of rotatable bonds is 3. The molecule has 1 nitrogen and oxygen atoms in total. The quantitative estimate of drug-likeness (QED) is 0.121. The molecule has 36 heavy (non-hydrogen) atoms. The summed E-state index contributed by atoms with van der Waals surface area (Å²) in [7, 11) is 2.22. The maximum atomic E-state index is 2.51. The van der Waals surface area contributed by atoms with Crippen LogP contribution >= 0.6 is 11.8 Å². The SMILES string of the molecule is Cc1c2c(c(C)c3cc(CC(C)C)ccc13)-c1c3c(cc4cc[c]([Ge]([CH3])([CH3])[CH3])cc4c3cc[n+]1C)S2. The monoisotopic (exact) mass is 552 g/mol. The van der Waals surface area contributed by atoms with Crippen molar-refractivity contribution in [2.75, 3.05) is 0 Å². The average molecular weight is 551 g/mol. The molecule has 0 unspecified atom stereocenters. The predicted octanol–water partition coefficient (Wildman–Crippen LogP) is 8.46. The molecule has 182 valence electrons. The van der Waals surface area contributed by atoms with E-state index < -0.39 is 13.3 Å². The number of benzene rings is 4. The van der Waals surface area contributed by atoms with E-state index in [-0.39, 0.29) is 0 Å². The molecular weight excluding hydrogens is 515 g/mol. The second kappa shape index (κ2) is 8.36. The van der Waals surface area contributed by atoms with Gasteiger partial charge in [-0.1, -0.05) is 13.8 Å². The summed E-state index contributed by atoms with van der Waals surface area (Å²) < 4.78 is 3.94. The number of fused-ring (bicyclic) bond motifs is 5. The molecule has 2 heterocycles. The molecule has 1 aliphatic heterocycles. The fourth-order valence-corrected chi connectivity index (χ4v) is 9.83. The van der Waals surface area contributed by atoms with Crippen molar-refractivity contribution in [1.29, 1.82) is 0 Å². The summed E-state index contributed by atoms with van der Waals surface area (Å²) in [5.41, 5.74) is 7.06. The van der Waals surface area contributed by atoms with Gasteiger partial charge >= 0.3 is 203 Å². The molecule has 3 heteroatoms. The van der Waals surface area contributed by atoms with E-state index in [1.165, 1.54) is 70.1 Å². The van der Waals surface area contributed by atoms with Crippen molar-refractivity contribution in [1.82, 2.24) is 0 Å². The average Bonchev–Trinajstić information content (AvgIpc) is 2.82. The van der Waals surface area contributed by atoms with Gasteiger partial charge in [-0.15, -0.1) is 0 Å². The van der Waals surface area contributed by atoms with E-state index in [4.69, 9.17) is 0 Å². The molecular formula is C33H36GeNS+. The zero-order valence-corrected chi connectivity index (χ0v) is 25.8. The Morgan fingerprint density at radius 1 is 0.833 bits per heavy atom. The van der Waals surface area contributed by atoms with Gasteiger partial charge in [0.1, 0.15) is 0 Å². The Kier molecular flexibility index (Phi) is 5.59. The Balaban J connectivity index is 1.72. The molecule has 0 N–H and O–H groups in total. The number of nitrogens with zero attached hydrogens (tertiary/aromatic N) is 1. The Hall–Kier alpha value is -2.30. The van der Waals surface area contributed by atoms with Gasteiger partial charge in [0.2, 0.25) is 0 Å². The number of hydrogen-bond acceptors (Lipinski definition) is 1. The van der Waals surface area contributed by atoms with Gasteiger partial charge in [0.15, 0.2) is 0 Å². The zero-order chi connectivity index (χ0) is 25.5. The first kappa shape index (κ1) is 24.1. The van der Waals surface area contributed by atoms with Crippen LogP contribution in [0.4, 0.5) is 0 Å². The van der Waals surface area contributed by atoms with Crippen molar-refractivity contribution in [3.63, 3.8) is 0 Å². The van der Waals surface area contributed by atoms with E-state index in [0.29, 0.717) is 5.92 Å². The molecule has 5 aromatic rings. The van der Waals surface area contributed by atoms with E-state index in [1.807, 2.05) is 11.8 Å². The van der Waals surface area contributed by atoms with Crippen LogP contribution in [0, 0.1) is 19.8 Å². The number of hydrogen-bond donors (Lipinski definition) is 0. The van der Waals surface area contributed by atoms with Crippen LogP contribution in [0.3, 0.4) is 0 Å². The molecule has 1 aliphatic rings. The topological polar surface area (TPSA) is 3.88 Å². The molecule has 0 spiro atoms. The number of aryl methyl sites for hydroxylation is 3. The first-order valence-corrected chi connectivity index (χ1v) is 21.3. The van der Waals surface area contributed by atoms with E-state index in [0.717, 1.165) is 6.42 Å². The van der Waals surface area contributed by atoms with Gasteiger partial charge in [-0.2, -0.15) is 0 Å². The summed E-state index contributed by atoms with van der Waals surface area (Å²) >= 11 is 0.0396. The summed E-state index contributed by atoms with van der Waals surface area (Å²) in [5, 5.41) is 8.39. The van der Waals surface area contributed by atoms with E-state index in [9.17, 15) is 0 Å². The Morgan fingerprint density at radius 2 is 1.61 bits per heavy atom. The molecule has 0 saturated heterocycles. The summed E-state index contributed by atoms with van der Waals surface area (Å²) in [5.74, 6) is 8.13. The van der Waals surface area contributed by atoms with Crippen molar-refractivity contribution in [2.45, 2.75) is 61.2 Å². The summed E-state index contributed by atoms with van der Waals surface area (Å²) in [6, 6.07) is 19.2. The first-order valence-electron chi connectivity index (χ1n) is 13.2. The summed E-state index contributed by atoms with van der Waals surface area (Å²) in [6.45, 7) is 9.28. The van der Waals surface area contributed by atoms with Crippen LogP contribution in [0.15, 0.2) is 64.5 Å². The fourth-order valence-electron chi connectivity index (χ4n) is 6.06. The van der Waals surface area contributed by atoms with Gasteiger partial charge < -0.3 is 0 Å². The zero-order valence-electron chi connectivity index (χ0n) is 22.8. The Bertz CT molecular complexity index is 1720. The van der Waals surface area contributed by atoms with Gasteiger partial charge in [0.05, 0.1) is 0 Å². The van der Waals surface area contributed by atoms with Crippen LogP contribution in [0.5, 0.6) is 0 Å². The van der Waals surface area contributed by atoms with E-state index >= 15 is 0 Å². The first-order chi connectivity index (χ1) is 17.0. The minimum absolute atomic E-state index is 0.658. The van der Waals surface area contributed by atoms with Crippen LogP contribution in [0.25, 0.3) is 43.6 Å². The van der Waals surface area contributed by atoms with Crippen molar-refractivity contribution in [2.24, 2.45) is 13.0 Å². The molecule has 0 amide bonds. The molecule has 4 aromatic carbocycles. The Labute approximate surface area is 222 Å². The molecule has 0 fully saturated rings. The molecule has 1 aromatic heterocycles. The molecule has 0 aliphatic carbocycles. The second-order valence-electron chi connectivity index (χ2n) is 12.2. The normalized spacial score (nSPS) is 13.2. The van der Waals surface area contributed by atoms with Crippen molar-refractivity contribution >= 4 is 61.7 Å². The minimum atomic E-state index is -1.94. The van der Waals surface area contributed by atoms with Crippen molar-refractivity contribution in [3.8, 4) is 11.3 Å².